The van der Waals surface area contributed by atoms with Gasteiger partial charge in [0.1, 0.15) is 12.0 Å². The molecule has 0 spiro atoms. The van der Waals surface area contributed by atoms with Crippen molar-refractivity contribution >= 4 is 9.84 Å². The number of sulfone groups is 1. The molecule has 0 saturated carbocycles. The summed E-state index contributed by atoms with van der Waals surface area (Å²) in [5.74, 6) is -0.825. The number of hydrogen-bond donors (Lipinski definition) is 0. The molecule has 0 N–H and O–H groups in total. The van der Waals surface area contributed by atoms with E-state index < -0.39 is 21.8 Å². The van der Waals surface area contributed by atoms with Crippen LogP contribution in [0, 0.1) is 0 Å². The topological polar surface area (TPSA) is 34.1 Å². The summed E-state index contributed by atoms with van der Waals surface area (Å²) in [5.41, 5.74) is 0. The minimum Gasteiger partial charge on any atom is -0.242 e. The number of hydrogen-bond acceptors (Lipinski definition) is 2. The SMILES string of the molecule is CS(=O)(=O)C1=CC(F)=CC(F)C1. The van der Waals surface area contributed by atoms with Crippen LogP contribution in [0.1, 0.15) is 6.42 Å². The summed E-state index contributed by atoms with van der Waals surface area (Å²) < 4.78 is 46.8. The fourth-order valence-corrected chi connectivity index (χ4v) is 1.73. The average molecular weight is 194 g/mol. The molecule has 1 rings (SSSR count). The first-order valence-corrected chi connectivity index (χ1v) is 5.21. The smallest absolute Gasteiger partial charge is 0.171 e. The first kappa shape index (κ1) is 9.38. The highest BCUT2D eigenvalue weighted by atomic mass is 32.2. The van der Waals surface area contributed by atoms with E-state index in [1.165, 1.54) is 0 Å². The molecule has 68 valence electrons. The summed E-state index contributed by atoms with van der Waals surface area (Å²) >= 11 is 0. The summed E-state index contributed by atoms with van der Waals surface area (Å²) in [6, 6.07) is 0. The van der Waals surface area contributed by atoms with Gasteiger partial charge in [0.2, 0.25) is 0 Å². The Labute approximate surface area is 69.5 Å². The van der Waals surface area contributed by atoms with Crippen LogP contribution in [-0.2, 0) is 9.84 Å². The van der Waals surface area contributed by atoms with Crippen LogP contribution in [0.25, 0.3) is 0 Å². The zero-order valence-corrected chi connectivity index (χ0v) is 7.24. The molecule has 0 aromatic rings. The van der Waals surface area contributed by atoms with E-state index in [1.807, 2.05) is 0 Å². The van der Waals surface area contributed by atoms with Crippen molar-refractivity contribution in [2.24, 2.45) is 0 Å². The second-order valence-corrected chi connectivity index (χ2v) is 4.72. The van der Waals surface area contributed by atoms with Gasteiger partial charge in [-0.2, -0.15) is 0 Å². The number of rotatable bonds is 1. The van der Waals surface area contributed by atoms with Crippen molar-refractivity contribution in [3.8, 4) is 0 Å². The molecular formula is C7H8F2O2S. The van der Waals surface area contributed by atoms with E-state index >= 15 is 0 Å². The molecule has 0 fully saturated rings. The van der Waals surface area contributed by atoms with Crippen molar-refractivity contribution < 1.29 is 17.2 Å². The first-order chi connectivity index (χ1) is 5.39. The van der Waals surface area contributed by atoms with Crippen LogP contribution in [-0.4, -0.2) is 20.8 Å². The summed E-state index contributed by atoms with van der Waals surface area (Å²) in [4.78, 5) is -0.185. The van der Waals surface area contributed by atoms with Gasteiger partial charge >= 0.3 is 0 Å². The highest BCUT2D eigenvalue weighted by Gasteiger charge is 2.20. The Morgan fingerprint density at radius 3 is 2.58 bits per heavy atom. The third-order valence-corrected chi connectivity index (χ3v) is 2.75. The third kappa shape index (κ3) is 2.14. The van der Waals surface area contributed by atoms with Gasteiger partial charge < -0.3 is 0 Å². The van der Waals surface area contributed by atoms with Crippen molar-refractivity contribution in [2.75, 3.05) is 6.26 Å². The van der Waals surface area contributed by atoms with Crippen LogP contribution in [0.15, 0.2) is 22.9 Å². The van der Waals surface area contributed by atoms with E-state index in [0.717, 1.165) is 18.4 Å². The van der Waals surface area contributed by atoms with Crippen molar-refractivity contribution in [1.82, 2.24) is 0 Å². The zero-order valence-electron chi connectivity index (χ0n) is 6.42. The molecule has 0 saturated heterocycles. The van der Waals surface area contributed by atoms with Gasteiger partial charge in [-0.15, -0.1) is 0 Å². The zero-order chi connectivity index (χ0) is 9.35. The molecule has 12 heavy (non-hydrogen) atoms. The maximum absolute atomic E-state index is 12.6. The largest absolute Gasteiger partial charge is 0.242 e. The number of allylic oxidation sites excluding steroid dienone is 4. The maximum atomic E-state index is 12.6. The Kier molecular flexibility index (Phi) is 2.32. The van der Waals surface area contributed by atoms with E-state index in [4.69, 9.17) is 0 Å². The molecule has 0 aliphatic heterocycles. The normalized spacial score (nSPS) is 24.8. The van der Waals surface area contributed by atoms with Crippen LogP contribution < -0.4 is 0 Å². The molecule has 0 aromatic heterocycles. The van der Waals surface area contributed by atoms with Crippen LogP contribution in [0.3, 0.4) is 0 Å². The lowest BCUT2D eigenvalue weighted by Crippen LogP contribution is -2.10. The fraction of sp³-hybridized carbons (Fsp3) is 0.429. The van der Waals surface area contributed by atoms with Gasteiger partial charge in [0.05, 0.1) is 4.91 Å². The predicted molar refractivity (Wildman–Crippen MR) is 41.6 cm³/mol. The van der Waals surface area contributed by atoms with Gasteiger partial charge in [-0.25, -0.2) is 17.2 Å². The molecule has 2 nitrogen and oxygen atoms in total. The van der Waals surface area contributed by atoms with Crippen molar-refractivity contribution in [3.05, 3.63) is 22.9 Å². The van der Waals surface area contributed by atoms with Crippen LogP contribution in [0.5, 0.6) is 0 Å². The van der Waals surface area contributed by atoms with Gasteiger partial charge in [0.25, 0.3) is 0 Å². The highest BCUT2D eigenvalue weighted by Crippen LogP contribution is 2.24. The van der Waals surface area contributed by atoms with E-state index in [2.05, 4.69) is 0 Å². The standard InChI is InChI=1S/C7H8F2O2S/c1-12(10,11)7-3-5(8)2-6(9)4-7/h2-3,6H,4H2,1H3. The quantitative estimate of drug-likeness (QED) is 0.634. The van der Waals surface area contributed by atoms with Gasteiger partial charge in [0.15, 0.2) is 9.84 Å². The molecule has 0 heterocycles. The lowest BCUT2D eigenvalue weighted by atomic mass is 10.1. The van der Waals surface area contributed by atoms with Crippen LogP contribution in [0.2, 0.25) is 0 Å². The van der Waals surface area contributed by atoms with Crippen molar-refractivity contribution in [3.63, 3.8) is 0 Å². The second kappa shape index (κ2) is 2.97. The molecule has 1 atom stereocenters. The molecule has 0 bridgehead atoms. The number of alkyl halides is 1. The average Bonchev–Trinajstić information content (AvgIpc) is 1.82. The summed E-state index contributed by atoms with van der Waals surface area (Å²) in [5, 5.41) is 0. The number of halogens is 2. The van der Waals surface area contributed by atoms with Gasteiger partial charge in [-0.05, 0) is 12.2 Å². The van der Waals surface area contributed by atoms with E-state index in [1.54, 1.807) is 0 Å². The van der Waals surface area contributed by atoms with Crippen molar-refractivity contribution in [2.45, 2.75) is 12.6 Å². The minimum atomic E-state index is -3.45. The Morgan fingerprint density at radius 2 is 2.17 bits per heavy atom. The summed E-state index contributed by atoms with van der Waals surface area (Å²) in [6.45, 7) is 0. The van der Waals surface area contributed by atoms with Crippen molar-refractivity contribution in [1.29, 1.82) is 0 Å². The predicted octanol–water partition coefficient (Wildman–Crippen LogP) is 1.51. The van der Waals surface area contributed by atoms with Gasteiger partial charge in [-0.1, -0.05) is 0 Å². The molecular weight excluding hydrogens is 186 g/mol. The Balaban J connectivity index is 3.04. The first-order valence-electron chi connectivity index (χ1n) is 3.31. The maximum Gasteiger partial charge on any atom is 0.171 e. The lowest BCUT2D eigenvalue weighted by Gasteiger charge is -2.10. The molecule has 1 aliphatic rings. The summed E-state index contributed by atoms with van der Waals surface area (Å²) in [7, 11) is -3.45. The van der Waals surface area contributed by atoms with Gasteiger partial charge in [-0.3, -0.25) is 0 Å². The monoisotopic (exact) mass is 194 g/mol. The Hall–Kier alpha value is -0.710. The molecule has 5 heteroatoms. The molecule has 0 amide bonds. The fourth-order valence-electron chi connectivity index (χ4n) is 0.943. The second-order valence-electron chi connectivity index (χ2n) is 2.65. The molecule has 0 radical (unpaired) electrons. The van der Waals surface area contributed by atoms with Crippen LogP contribution in [0.4, 0.5) is 8.78 Å². The minimum absolute atomic E-state index is 0.185. The Morgan fingerprint density at radius 1 is 1.58 bits per heavy atom. The van der Waals surface area contributed by atoms with E-state index in [-0.39, 0.29) is 11.3 Å². The van der Waals surface area contributed by atoms with Gasteiger partial charge in [0, 0.05) is 12.7 Å². The molecule has 0 aromatic carbocycles. The molecule has 1 aliphatic carbocycles. The lowest BCUT2D eigenvalue weighted by molar-refractivity contribution is 0.389. The molecule has 1 unspecified atom stereocenters. The summed E-state index contributed by atoms with van der Waals surface area (Å²) in [6.07, 6.45) is 0.760. The van der Waals surface area contributed by atoms with Crippen LogP contribution >= 0.6 is 0 Å². The highest BCUT2D eigenvalue weighted by molar-refractivity contribution is 7.94. The Bertz CT molecular complexity index is 340. The van der Waals surface area contributed by atoms with E-state index in [9.17, 15) is 17.2 Å². The van der Waals surface area contributed by atoms with E-state index in [0.29, 0.717) is 0 Å². The third-order valence-electron chi connectivity index (χ3n) is 1.51.